The van der Waals surface area contributed by atoms with Gasteiger partial charge in [-0.15, -0.1) is 0 Å². The molecule has 0 aromatic heterocycles. The van der Waals surface area contributed by atoms with Gasteiger partial charge in [-0.2, -0.15) is 0 Å². The molecule has 3 heteroatoms. The summed E-state index contributed by atoms with van der Waals surface area (Å²) in [6, 6.07) is 16.4. The van der Waals surface area contributed by atoms with Crippen molar-refractivity contribution in [3.63, 3.8) is 0 Å². The SMILES string of the molecule is CC[C@H](Oc1cccc(C)c1C)C(=O)N[C@@H](C)CCc1ccccc1. The predicted octanol–water partition coefficient (Wildman–Crippen LogP) is 4.60. The molecule has 134 valence electrons. The molecule has 0 saturated heterocycles. The maximum atomic E-state index is 12.6. The highest BCUT2D eigenvalue weighted by atomic mass is 16.5. The third-order valence-electron chi connectivity index (χ3n) is 4.58. The monoisotopic (exact) mass is 339 g/mol. The van der Waals surface area contributed by atoms with Gasteiger partial charge < -0.3 is 10.1 Å². The van der Waals surface area contributed by atoms with Crippen molar-refractivity contribution in [2.24, 2.45) is 0 Å². The van der Waals surface area contributed by atoms with E-state index in [1.807, 2.05) is 51.1 Å². The van der Waals surface area contributed by atoms with Crippen LogP contribution < -0.4 is 10.1 Å². The van der Waals surface area contributed by atoms with Gasteiger partial charge in [0.1, 0.15) is 5.75 Å². The van der Waals surface area contributed by atoms with Crippen LogP contribution in [0.15, 0.2) is 48.5 Å². The number of aryl methyl sites for hydroxylation is 2. The first-order valence-corrected chi connectivity index (χ1v) is 9.08. The molecule has 0 bridgehead atoms. The van der Waals surface area contributed by atoms with Gasteiger partial charge >= 0.3 is 0 Å². The number of hydrogen-bond acceptors (Lipinski definition) is 2. The summed E-state index contributed by atoms with van der Waals surface area (Å²) < 4.78 is 5.99. The topological polar surface area (TPSA) is 38.3 Å². The zero-order chi connectivity index (χ0) is 18.2. The van der Waals surface area contributed by atoms with E-state index in [1.54, 1.807) is 0 Å². The van der Waals surface area contributed by atoms with Crippen LogP contribution in [0.25, 0.3) is 0 Å². The number of ether oxygens (including phenoxy) is 1. The summed E-state index contributed by atoms with van der Waals surface area (Å²) in [4.78, 5) is 12.6. The van der Waals surface area contributed by atoms with Gasteiger partial charge in [0.05, 0.1) is 0 Å². The number of nitrogens with one attached hydrogen (secondary N) is 1. The van der Waals surface area contributed by atoms with Gasteiger partial charge in [-0.3, -0.25) is 4.79 Å². The summed E-state index contributed by atoms with van der Waals surface area (Å²) in [6.07, 6.45) is 2.05. The highest BCUT2D eigenvalue weighted by molar-refractivity contribution is 5.81. The molecule has 2 aromatic rings. The number of rotatable bonds is 8. The summed E-state index contributed by atoms with van der Waals surface area (Å²) >= 11 is 0. The first-order chi connectivity index (χ1) is 12.0. The van der Waals surface area contributed by atoms with E-state index in [4.69, 9.17) is 4.74 Å². The lowest BCUT2D eigenvalue weighted by Gasteiger charge is -2.22. The molecule has 3 nitrogen and oxygen atoms in total. The average Bonchev–Trinajstić information content (AvgIpc) is 2.62. The second kappa shape index (κ2) is 9.26. The van der Waals surface area contributed by atoms with Gasteiger partial charge in [0.15, 0.2) is 6.10 Å². The fraction of sp³-hybridized carbons (Fsp3) is 0.409. The third kappa shape index (κ3) is 5.63. The smallest absolute Gasteiger partial charge is 0.261 e. The number of carbonyl (C=O) groups excluding carboxylic acids is 1. The quantitative estimate of drug-likeness (QED) is 0.763. The molecule has 1 N–H and O–H groups in total. The van der Waals surface area contributed by atoms with Crippen LogP contribution in [-0.4, -0.2) is 18.1 Å². The van der Waals surface area contributed by atoms with Gasteiger partial charge in [-0.05, 0) is 62.8 Å². The zero-order valence-electron chi connectivity index (χ0n) is 15.7. The Morgan fingerprint density at radius 1 is 1.08 bits per heavy atom. The molecule has 0 aliphatic carbocycles. The minimum absolute atomic E-state index is 0.0380. The van der Waals surface area contributed by atoms with E-state index in [0.29, 0.717) is 6.42 Å². The summed E-state index contributed by atoms with van der Waals surface area (Å²) in [5.41, 5.74) is 3.55. The lowest BCUT2D eigenvalue weighted by molar-refractivity contribution is -0.128. The molecule has 0 aliphatic heterocycles. The van der Waals surface area contributed by atoms with E-state index < -0.39 is 6.10 Å². The molecule has 2 aromatic carbocycles. The summed E-state index contributed by atoms with van der Waals surface area (Å²) in [6.45, 7) is 8.10. The first-order valence-electron chi connectivity index (χ1n) is 9.08. The third-order valence-corrected chi connectivity index (χ3v) is 4.58. The average molecular weight is 339 g/mol. The molecule has 2 atom stereocenters. The van der Waals surface area contributed by atoms with Gasteiger partial charge in [0.2, 0.25) is 0 Å². The minimum atomic E-state index is -0.459. The van der Waals surface area contributed by atoms with Crippen molar-refractivity contribution in [2.45, 2.75) is 59.1 Å². The number of hydrogen-bond donors (Lipinski definition) is 1. The fourth-order valence-electron chi connectivity index (χ4n) is 2.76. The van der Waals surface area contributed by atoms with Crippen LogP contribution in [0.1, 0.15) is 43.4 Å². The van der Waals surface area contributed by atoms with Crippen molar-refractivity contribution in [1.82, 2.24) is 5.32 Å². The molecule has 0 spiro atoms. The standard InChI is InChI=1S/C22H29NO2/c1-5-20(25-21-13-9-10-16(2)18(21)4)22(24)23-17(3)14-15-19-11-7-6-8-12-19/h6-13,17,20H,5,14-15H2,1-4H3,(H,23,24)/t17-,20-/m0/s1. The molecule has 0 saturated carbocycles. The normalized spacial score (nSPS) is 13.1. The number of carbonyl (C=O) groups is 1. The van der Waals surface area contributed by atoms with Gasteiger partial charge in [-0.1, -0.05) is 49.4 Å². The molecule has 0 unspecified atom stereocenters. The van der Waals surface area contributed by atoms with Gasteiger partial charge in [-0.25, -0.2) is 0 Å². The zero-order valence-corrected chi connectivity index (χ0v) is 15.7. The number of benzene rings is 2. The Balaban J connectivity index is 1.89. The van der Waals surface area contributed by atoms with E-state index in [2.05, 4.69) is 30.4 Å². The highest BCUT2D eigenvalue weighted by Gasteiger charge is 2.21. The Morgan fingerprint density at radius 3 is 2.48 bits per heavy atom. The van der Waals surface area contributed by atoms with Crippen molar-refractivity contribution >= 4 is 5.91 Å². The van der Waals surface area contributed by atoms with E-state index in [1.165, 1.54) is 11.1 Å². The second-order valence-corrected chi connectivity index (χ2v) is 6.65. The van der Waals surface area contributed by atoms with Gasteiger partial charge in [0.25, 0.3) is 5.91 Å². The number of amides is 1. The predicted molar refractivity (Wildman–Crippen MR) is 103 cm³/mol. The lowest BCUT2D eigenvalue weighted by Crippen LogP contribution is -2.42. The van der Waals surface area contributed by atoms with Crippen molar-refractivity contribution in [1.29, 1.82) is 0 Å². The molecule has 0 fully saturated rings. The first kappa shape index (κ1) is 19.0. The molecule has 0 aliphatic rings. The Morgan fingerprint density at radius 2 is 1.80 bits per heavy atom. The van der Waals surface area contributed by atoms with Gasteiger partial charge in [0, 0.05) is 6.04 Å². The van der Waals surface area contributed by atoms with E-state index in [0.717, 1.165) is 24.2 Å². The molecule has 0 radical (unpaired) electrons. The summed E-state index contributed by atoms with van der Waals surface area (Å²) in [5.74, 6) is 0.753. The molecule has 25 heavy (non-hydrogen) atoms. The Kier molecular flexibility index (Phi) is 7.05. The van der Waals surface area contributed by atoms with E-state index >= 15 is 0 Å². The fourth-order valence-corrected chi connectivity index (χ4v) is 2.76. The highest BCUT2D eigenvalue weighted by Crippen LogP contribution is 2.22. The Hall–Kier alpha value is -2.29. The van der Waals surface area contributed by atoms with Crippen molar-refractivity contribution in [3.8, 4) is 5.75 Å². The maximum absolute atomic E-state index is 12.6. The van der Waals surface area contributed by atoms with Crippen LogP contribution >= 0.6 is 0 Å². The summed E-state index contributed by atoms with van der Waals surface area (Å²) in [5, 5.41) is 3.09. The lowest BCUT2D eigenvalue weighted by atomic mass is 10.1. The molecule has 0 heterocycles. The van der Waals surface area contributed by atoms with Crippen LogP contribution in [0.5, 0.6) is 5.75 Å². The van der Waals surface area contributed by atoms with E-state index in [-0.39, 0.29) is 11.9 Å². The van der Waals surface area contributed by atoms with Crippen molar-refractivity contribution in [2.75, 3.05) is 0 Å². The van der Waals surface area contributed by atoms with Crippen molar-refractivity contribution < 1.29 is 9.53 Å². The maximum Gasteiger partial charge on any atom is 0.261 e. The Labute approximate surface area is 151 Å². The van der Waals surface area contributed by atoms with Crippen LogP contribution in [0.4, 0.5) is 0 Å². The molecular weight excluding hydrogens is 310 g/mol. The molecule has 2 rings (SSSR count). The van der Waals surface area contributed by atoms with Crippen LogP contribution in [0.2, 0.25) is 0 Å². The molecular formula is C22H29NO2. The van der Waals surface area contributed by atoms with Crippen LogP contribution in [0.3, 0.4) is 0 Å². The van der Waals surface area contributed by atoms with Crippen molar-refractivity contribution in [3.05, 3.63) is 65.2 Å². The van der Waals surface area contributed by atoms with E-state index in [9.17, 15) is 4.79 Å². The largest absolute Gasteiger partial charge is 0.480 e. The second-order valence-electron chi connectivity index (χ2n) is 6.65. The van der Waals surface area contributed by atoms with Crippen LogP contribution in [-0.2, 0) is 11.2 Å². The Bertz CT molecular complexity index is 682. The van der Waals surface area contributed by atoms with Crippen LogP contribution in [0, 0.1) is 13.8 Å². The minimum Gasteiger partial charge on any atom is -0.480 e. The molecule has 1 amide bonds. The summed E-state index contributed by atoms with van der Waals surface area (Å²) in [7, 11) is 0.